The summed E-state index contributed by atoms with van der Waals surface area (Å²) in [6.07, 6.45) is 4.61. The first-order valence-corrected chi connectivity index (χ1v) is 11.4. The number of methoxy groups -OCH3 is 4. The van der Waals surface area contributed by atoms with Crippen molar-refractivity contribution in [1.82, 2.24) is 4.90 Å². The van der Waals surface area contributed by atoms with Gasteiger partial charge in [0, 0.05) is 17.9 Å². The lowest BCUT2D eigenvalue weighted by atomic mass is 9.68. The second-order valence-corrected chi connectivity index (χ2v) is 8.97. The molecule has 1 fully saturated rings. The van der Waals surface area contributed by atoms with E-state index in [-0.39, 0.29) is 11.5 Å². The van der Waals surface area contributed by atoms with E-state index in [0.29, 0.717) is 35.0 Å². The van der Waals surface area contributed by atoms with Gasteiger partial charge in [0.15, 0.2) is 11.5 Å². The minimum atomic E-state index is -0.445. The first-order chi connectivity index (χ1) is 16.4. The molecule has 1 aliphatic heterocycles. The van der Waals surface area contributed by atoms with Gasteiger partial charge in [-0.15, -0.1) is 0 Å². The number of carbonyl (C=O) groups excluding carboxylic acids is 1. The van der Waals surface area contributed by atoms with Crippen molar-refractivity contribution in [2.45, 2.75) is 37.6 Å². The van der Waals surface area contributed by atoms with Gasteiger partial charge in [-0.3, -0.25) is 0 Å². The second kappa shape index (κ2) is 9.58. The molecule has 2 atom stereocenters. The number of likely N-dealkylation sites (N-methyl/N-ethyl adjacent to an activating group) is 1. The van der Waals surface area contributed by atoms with Crippen LogP contribution < -0.4 is 18.9 Å². The number of ether oxygens (including phenoxy) is 5. The number of hydrogen-bond donors (Lipinski definition) is 0. The van der Waals surface area contributed by atoms with Crippen molar-refractivity contribution in [2.24, 2.45) is 0 Å². The Labute approximate surface area is 201 Å². The molecule has 0 N–H and O–H groups in total. The molecule has 34 heavy (non-hydrogen) atoms. The molecule has 4 rings (SSSR count). The number of allylic oxidation sites excluding steroid dienone is 1. The Kier molecular flexibility index (Phi) is 6.75. The van der Waals surface area contributed by atoms with Crippen molar-refractivity contribution in [1.29, 1.82) is 0 Å². The first-order valence-electron chi connectivity index (χ1n) is 11.4. The molecule has 0 radical (unpaired) electrons. The van der Waals surface area contributed by atoms with Crippen molar-refractivity contribution in [3.63, 3.8) is 0 Å². The van der Waals surface area contributed by atoms with Crippen LogP contribution in [0.1, 0.15) is 40.7 Å². The van der Waals surface area contributed by atoms with Gasteiger partial charge in [-0.1, -0.05) is 12.1 Å². The first kappa shape index (κ1) is 24.0. The second-order valence-electron chi connectivity index (χ2n) is 8.97. The quantitative estimate of drug-likeness (QED) is 0.555. The summed E-state index contributed by atoms with van der Waals surface area (Å²) in [6, 6.07) is 9.94. The third-order valence-electron chi connectivity index (χ3n) is 7.26. The number of fused-ring (bicyclic) bond motifs is 1. The molecule has 1 saturated heterocycles. The van der Waals surface area contributed by atoms with E-state index in [1.807, 2.05) is 0 Å². The predicted octanol–water partition coefficient (Wildman–Crippen LogP) is 4.51. The molecule has 1 heterocycles. The fraction of sp³-hybridized carbons (Fsp3) is 0.444. The Hall–Kier alpha value is -3.19. The molecular formula is C27H33NO6. The number of benzene rings is 2. The zero-order chi connectivity index (χ0) is 24.5. The molecule has 182 valence electrons. The van der Waals surface area contributed by atoms with Gasteiger partial charge in [-0.25, -0.2) is 4.79 Å². The fourth-order valence-corrected chi connectivity index (χ4v) is 5.38. The lowest BCUT2D eigenvalue weighted by Gasteiger charge is -2.40. The maximum Gasteiger partial charge on any atom is 0.343 e. The smallest absolute Gasteiger partial charge is 0.343 e. The monoisotopic (exact) mass is 467 g/mol. The lowest BCUT2D eigenvalue weighted by molar-refractivity contribution is 0.0579. The average Bonchev–Trinajstić information content (AvgIpc) is 3.19. The fourth-order valence-electron chi connectivity index (χ4n) is 5.38. The van der Waals surface area contributed by atoms with E-state index >= 15 is 0 Å². The normalized spacial score (nSPS) is 21.9. The molecule has 2 unspecified atom stereocenters. The topological polar surface area (TPSA) is 66.5 Å². The van der Waals surface area contributed by atoms with Gasteiger partial charge in [0.05, 0.1) is 34.0 Å². The molecule has 0 bridgehead atoms. The van der Waals surface area contributed by atoms with Crippen LogP contribution in [0.25, 0.3) is 0 Å². The van der Waals surface area contributed by atoms with E-state index < -0.39 is 5.97 Å². The average molecular weight is 468 g/mol. The van der Waals surface area contributed by atoms with E-state index in [4.69, 9.17) is 23.7 Å². The molecule has 0 spiro atoms. The standard InChI is InChI=1S/C27H33NO6/c1-17-13-19(7-8-21(17)30-3)27-10-9-20(16-24(27)28(2)12-11-27)34-26(29)18-14-22(31-4)25(33-6)23(15-18)32-5/h7-9,13-15,24H,10-12,16H2,1-6H3. The number of nitrogens with zero attached hydrogens (tertiary/aromatic N) is 1. The molecule has 0 aromatic heterocycles. The highest BCUT2D eigenvalue weighted by Gasteiger charge is 2.49. The minimum absolute atomic E-state index is 0.00571. The molecule has 7 nitrogen and oxygen atoms in total. The van der Waals surface area contributed by atoms with Crippen molar-refractivity contribution in [3.8, 4) is 23.0 Å². The van der Waals surface area contributed by atoms with E-state index in [0.717, 1.165) is 30.7 Å². The molecular weight excluding hydrogens is 434 g/mol. The number of hydrogen-bond acceptors (Lipinski definition) is 7. The highest BCUT2D eigenvalue weighted by molar-refractivity contribution is 5.92. The van der Waals surface area contributed by atoms with Crippen LogP contribution in [-0.2, 0) is 10.2 Å². The molecule has 7 heteroatoms. The largest absolute Gasteiger partial charge is 0.496 e. The van der Waals surface area contributed by atoms with Crippen LogP contribution in [0.5, 0.6) is 23.0 Å². The number of likely N-dealkylation sites (tertiary alicyclic amines) is 1. The summed E-state index contributed by atoms with van der Waals surface area (Å²) in [6.45, 7) is 3.08. The van der Waals surface area contributed by atoms with Crippen molar-refractivity contribution in [3.05, 3.63) is 58.9 Å². The van der Waals surface area contributed by atoms with E-state index in [1.54, 1.807) is 19.2 Å². The van der Waals surface area contributed by atoms with Gasteiger partial charge < -0.3 is 28.6 Å². The Morgan fingerprint density at radius 1 is 0.971 bits per heavy atom. The Morgan fingerprint density at radius 2 is 1.65 bits per heavy atom. The Morgan fingerprint density at radius 3 is 2.24 bits per heavy atom. The Balaban J connectivity index is 1.59. The number of aryl methyl sites for hydroxylation is 1. The molecule has 2 aromatic rings. The van der Waals surface area contributed by atoms with Crippen LogP contribution >= 0.6 is 0 Å². The number of rotatable bonds is 7. The highest BCUT2D eigenvalue weighted by atomic mass is 16.5. The van der Waals surface area contributed by atoms with Crippen LogP contribution in [-0.4, -0.2) is 58.9 Å². The predicted molar refractivity (Wildman–Crippen MR) is 129 cm³/mol. The van der Waals surface area contributed by atoms with Crippen LogP contribution in [0.3, 0.4) is 0 Å². The molecule has 2 aliphatic rings. The maximum absolute atomic E-state index is 13.0. The summed E-state index contributed by atoms with van der Waals surface area (Å²) in [7, 11) is 8.41. The van der Waals surface area contributed by atoms with Crippen molar-refractivity contribution >= 4 is 5.97 Å². The van der Waals surface area contributed by atoms with Gasteiger partial charge in [0.1, 0.15) is 11.5 Å². The third kappa shape index (κ3) is 4.09. The summed E-state index contributed by atoms with van der Waals surface area (Å²) < 4.78 is 27.4. The van der Waals surface area contributed by atoms with Gasteiger partial charge >= 0.3 is 5.97 Å². The molecule has 0 saturated carbocycles. The Bertz CT molecular complexity index is 1090. The zero-order valence-corrected chi connectivity index (χ0v) is 20.8. The van der Waals surface area contributed by atoms with E-state index in [2.05, 4.69) is 43.1 Å². The summed E-state index contributed by atoms with van der Waals surface area (Å²) in [5.41, 5.74) is 2.78. The SMILES string of the molecule is COc1ccc(C23CC=C(OC(=O)c4cc(OC)c(OC)c(OC)c4)CC2N(C)CC3)cc1C. The maximum atomic E-state index is 13.0. The summed E-state index contributed by atoms with van der Waals surface area (Å²) in [5.74, 6) is 2.41. The highest BCUT2D eigenvalue weighted by Crippen LogP contribution is 2.49. The van der Waals surface area contributed by atoms with Crippen LogP contribution in [0.15, 0.2) is 42.2 Å². The minimum Gasteiger partial charge on any atom is -0.496 e. The van der Waals surface area contributed by atoms with Crippen LogP contribution in [0.2, 0.25) is 0 Å². The lowest BCUT2D eigenvalue weighted by Crippen LogP contribution is -2.43. The van der Waals surface area contributed by atoms with Gasteiger partial charge in [-0.05, 0) is 68.8 Å². The van der Waals surface area contributed by atoms with Crippen molar-refractivity contribution < 1.29 is 28.5 Å². The van der Waals surface area contributed by atoms with Gasteiger partial charge in [0.25, 0.3) is 0 Å². The van der Waals surface area contributed by atoms with E-state index in [9.17, 15) is 4.79 Å². The molecule has 0 amide bonds. The zero-order valence-electron chi connectivity index (χ0n) is 20.8. The van der Waals surface area contributed by atoms with Crippen LogP contribution in [0.4, 0.5) is 0 Å². The van der Waals surface area contributed by atoms with Gasteiger partial charge in [0.2, 0.25) is 5.75 Å². The van der Waals surface area contributed by atoms with Gasteiger partial charge in [-0.2, -0.15) is 0 Å². The summed E-state index contributed by atoms with van der Waals surface area (Å²) in [4.78, 5) is 15.4. The number of carbonyl (C=O) groups is 1. The molecule has 2 aromatic carbocycles. The van der Waals surface area contributed by atoms with Crippen LogP contribution in [0, 0.1) is 6.92 Å². The molecule has 1 aliphatic carbocycles. The van der Waals surface area contributed by atoms with Crippen molar-refractivity contribution in [2.75, 3.05) is 42.0 Å². The number of esters is 1. The summed E-state index contributed by atoms with van der Waals surface area (Å²) >= 11 is 0. The van der Waals surface area contributed by atoms with E-state index in [1.165, 1.54) is 26.9 Å². The summed E-state index contributed by atoms with van der Waals surface area (Å²) in [5, 5.41) is 0. The third-order valence-corrected chi connectivity index (χ3v) is 7.26.